The Labute approximate surface area is 186 Å². The minimum absolute atomic E-state index is 0.133. The van der Waals surface area contributed by atoms with Gasteiger partial charge in [0.1, 0.15) is 5.92 Å². The number of esters is 1. The molecule has 0 heterocycles. The van der Waals surface area contributed by atoms with Crippen LogP contribution in [0, 0.1) is 39.9 Å². The van der Waals surface area contributed by atoms with E-state index in [0.717, 1.165) is 31.2 Å². The van der Waals surface area contributed by atoms with Crippen LogP contribution in [-0.4, -0.2) is 12.6 Å². The highest BCUT2D eigenvalue weighted by Gasteiger charge is 2.37. The van der Waals surface area contributed by atoms with Gasteiger partial charge in [-0.2, -0.15) is 10.5 Å². The molecule has 0 bridgehead atoms. The van der Waals surface area contributed by atoms with E-state index in [1.165, 1.54) is 0 Å². The first-order chi connectivity index (χ1) is 14.9. The zero-order valence-electron chi connectivity index (χ0n) is 18.8. The lowest BCUT2D eigenvalue weighted by Crippen LogP contribution is -2.28. The molecule has 2 aromatic carbocycles. The van der Waals surface area contributed by atoms with Gasteiger partial charge in [0.25, 0.3) is 0 Å². The Morgan fingerprint density at radius 1 is 0.968 bits per heavy atom. The number of carbonyl (C=O) groups excluding carboxylic acids is 1. The van der Waals surface area contributed by atoms with Crippen molar-refractivity contribution in [1.82, 2.24) is 0 Å². The van der Waals surface area contributed by atoms with Gasteiger partial charge in [-0.25, -0.2) is 4.79 Å². The van der Waals surface area contributed by atoms with Gasteiger partial charge in [0.15, 0.2) is 0 Å². The molecule has 0 aliphatic carbocycles. The highest BCUT2D eigenvalue weighted by Crippen LogP contribution is 2.44. The number of benzene rings is 2. The summed E-state index contributed by atoms with van der Waals surface area (Å²) in [5, 5.41) is 19.1. The van der Waals surface area contributed by atoms with Crippen LogP contribution in [0.1, 0.15) is 68.3 Å². The fraction of sp³-hybridized carbons (Fsp3) is 0.444. The van der Waals surface area contributed by atoms with Crippen LogP contribution in [0.5, 0.6) is 0 Å². The molecule has 4 heteroatoms. The van der Waals surface area contributed by atoms with E-state index in [1.54, 1.807) is 12.1 Å². The van der Waals surface area contributed by atoms with Crippen molar-refractivity contribution in [3.63, 3.8) is 0 Å². The highest BCUT2D eigenvalue weighted by molar-refractivity contribution is 5.89. The van der Waals surface area contributed by atoms with Crippen LogP contribution in [0.4, 0.5) is 0 Å². The summed E-state index contributed by atoms with van der Waals surface area (Å²) in [6, 6.07) is 23.3. The van der Waals surface area contributed by atoms with Gasteiger partial charge in [-0.05, 0) is 41.9 Å². The third-order valence-corrected chi connectivity index (χ3v) is 5.98. The summed E-state index contributed by atoms with van der Waals surface area (Å²) in [4.78, 5) is 12.0. The lowest BCUT2D eigenvalue weighted by atomic mass is 9.66. The van der Waals surface area contributed by atoms with E-state index in [4.69, 9.17) is 4.74 Å². The third-order valence-electron chi connectivity index (χ3n) is 5.98. The smallest absolute Gasteiger partial charge is 0.338 e. The highest BCUT2D eigenvalue weighted by atomic mass is 16.5. The SMILES string of the molecule is CC(CCCC(C)(C)C(c1ccccc1)C(C#N)C#N)CCOC(=O)c1ccccc1. The molecule has 0 saturated carbocycles. The number of carbonyl (C=O) groups is 1. The Kier molecular flexibility index (Phi) is 9.29. The Hall–Kier alpha value is -3.11. The Balaban J connectivity index is 1.85. The van der Waals surface area contributed by atoms with E-state index in [1.807, 2.05) is 48.5 Å². The molecule has 0 saturated heterocycles. The van der Waals surface area contributed by atoms with E-state index in [2.05, 4.69) is 32.9 Å². The summed E-state index contributed by atoms with van der Waals surface area (Å²) in [5.41, 5.74) is 1.44. The van der Waals surface area contributed by atoms with Gasteiger partial charge < -0.3 is 4.74 Å². The van der Waals surface area contributed by atoms with Crippen LogP contribution in [0.3, 0.4) is 0 Å². The first-order valence-corrected chi connectivity index (χ1v) is 11.0. The zero-order valence-corrected chi connectivity index (χ0v) is 18.8. The molecule has 162 valence electrons. The molecule has 31 heavy (non-hydrogen) atoms. The van der Waals surface area contributed by atoms with Crippen molar-refractivity contribution in [3.8, 4) is 12.1 Å². The lowest BCUT2D eigenvalue weighted by Gasteiger charge is -2.36. The van der Waals surface area contributed by atoms with Gasteiger partial charge in [-0.1, -0.05) is 82.1 Å². The Morgan fingerprint density at radius 3 is 2.13 bits per heavy atom. The van der Waals surface area contributed by atoms with Crippen LogP contribution in [0.2, 0.25) is 0 Å². The maximum Gasteiger partial charge on any atom is 0.338 e. The van der Waals surface area contributed by atoms with Crippen molar-refractivity contribution >= 4 is 5.97 Å². The molecule has 0 aliphatic heterocycles. The van der Waals surface area contributed by atoms with Gasteiger partial charge >= 0.3 is 5.97 Å². The quantitative estimate of drug-likeness (QED) is 0.391. The van der Waals surface area contributed by atoms with E-state index in [-0.39, 0.29) is 17.3 Å². The number of nitriles is 2. The summed E-state index contributed by atoms with van der Waals surface area (Å²) in [7, 11) is 0. The number of ether oxygens (including phenoxy) is 1. The van der Waals surface area contributed by atoms with Crippen molar-refractivity contribution in [2.24, 2.45) is 17.3 Å². The number of rotatable bonds is 11. The summed E-state index contributed by atoms with van der Waals surface area (Å²) in [5.74, 6) is -0.658. The average molecular weight is 417 g/mol. The molecular formula is C27H32N2O2. The molecule has 0 fully saturated rings. The van der Waals surface area contributed by atoms with Crippen molar-refractivity contribution in [2.75, 3.05) is 6.61 Å². The van der Waals surface area contributed by atoms with Crippen LogP contribution < -0.4 is 0 Å². The molecular weight excluding hydrogens is 384 g/mol. The fourth-order valence-electron chi connectivity index (χ4n) is 4.15. The molecule has 2 aromatic rings. The zero-order chi connectivity index (χ0) is 22.7. The fourth-order valence-corrected chi connectivity index (χ4v) is 4.15. The molecule has 0 spiro atoms. The van der Waals surface area contributed by atoms with E-state index < -0.39 is 5.92 Å². The molecule has 2 atom stereocenters. The van der Waals surface area contributed by atoms with Crippen LogP contribution in [0.25, 0.3) is 0 Å². The topological polar surface area (TPSA) is 73.9 Å². The molecule has 4 nitrogen and oxygen atoms in total. The predicted molar refractivity (Wildman–Crippen MR) is 122 cm³/mol. The van der Waals surface area contributed by atoms with Gasteiger partial charge in [0, 0.05) is 5.92 Å². The monoisotopic (exact) mass is 416 g/mol. The van der Waals surface area contributed by atoms with Crippen molar-refractivity contribution in [1.29, 1.82) is 10.5 Å². The summed E-state index contributed by atoms with van der Waals surface area (Å²) < 4.78 is 5.39. The first kappa shape index (κ1) is 24.2. The van der Waals surface area contributed by atoms with E-state index in [0.29, 0.717) is 18.1 Å². The van der Waals surface area contributed by atoms with Crippen LogP contribution >= 0.6 is 0 Å². The standard InChI is InChI=1S/C27H32N2O2/c1-21(16-18-31-26(30)23-14-8-5-9-15-23)11-10-17-27(2,3)25(24(19-28)20-29)22-12-6-4-7-13-22/h4-9,12-15,21,24-25H,10-11,16-18H2,1-3H3. The summed E-state index contributed by atoms with van der Waals surface area (Å²) in [6.07, 6.45) is 3.74. The van der Waals surface area contributed by atoms with Crippen molar-refractivity contribution in [3.05, 3.63) is 71.8 Å². The van der Waals surface area contributed by atoms with Gasteiger partial charge in [-0.3, -0.25) is 0 Å². The minimum Gasteiger partial charge on any atom is -0.462 e. The van der Waals surface area contributed by atoms with Crippen LogP contribution in [-0.2, 0) is 4.74 Å². The normalized spacial score (nSPS) is 13.1. The predicted octanol–water partition coefficient (Wildman–Crippen LogP) is 6.51. The second kappa shape index (κ2) is 11.9. The summed E-state index contributed by atoms with van der Waals surface area (Å²) >= 11 is 0. The number of hydrogen-bond donors (Lipinski definition) is 0. The maximum absolute atomic E-state index is 12.0. The Bertz CT molecular complexity index is 880. The van der Waals surface area contributed by atoms with Gasteiger partial charge in [0.2, 0.25) is 0 Å². The lowest BCUT2D eigenvalue weighted by molar-refractivity contribution is 0.0483. The number of nitrogens with zero attached hydrogens (tertiary/aromatic N) is 2. The molecule has 0 aliphatic rings. The molecule has 0 amide bonds. The molecule has 2 rings (SSSR count). The van der Waals surface area contributed by atoms with E-state index >= 15 is 0 Å². The van der Waals surface area contributed by atoms with Gasteiger partial charge in [-0.15, -0.1) is 0 Å². The first-order valence-electron chi connectivity index (χ1n) is 11.0. The Morgan fingerprint density at radius 2 is 1.55 bits per heavy atom. The van der Waals surface area contributed by atoms with E-state index in [9.17, 15) is 15.3 Å². The van der Waals surface area contributed by atoms with Crippen molar-refractivity contribution in [2.45, 2.75) is 52.4 Å². The maximum atomic E-state index is 12.0. The molecule has 0 radical (unpaired) electrons. The minimum atomic E-state index is -0.674. The van der Waals surface area contributed by atoms with Gasteiger partial charge in [0.05, 0.1) is 24.3 Å². The molecule has 0 N–H and O–H groups in total. The summed E-state index contributed by atoms with van der Waals surface area (Å²) in [6.45, 7) is 6.89. The largest absolute Gasteiger partial charge is 0.462 e. The molecule has 0 aromatic heterocycles. The average Bonchev–Trinajstić information content (AvgIpc) is 2.78. The second-order valence-corrected chi connectivity index (χ2v) is 8.90. The number of hydrogen-bond acceptors (Lipinski definition) is 4. The van der Waals surface area contributed by atoms with Crippen molar-refractivity contribution < 1.29 is 9.53 Å². The second-order valence-electron chi connectivity index (χ2n) is 8.90. The van der Waals surface area contributed by atoms with Crippen LogP contribution in [0.15, 0.2) is 60.7 Å². The third kappa shape index (κ3) is 7.26. The molecule has 2 unspecified atom stereocenters.